The Bertz CT molecular complexity index is 679. The molecule has 0 bridgehead atoms. The molecule has 0 radical (unpaired) electrons. The molecule has 0 amide bonds. The van der Waals surface area contributed by atoms with Crippen molar-refractivity contribution >= 4 is 0 Å². The fourth-order valence-corrected chi connectivity index (χ4v) is 3.30. The van der Waals surface area contributed by atoms with E-state index < -0.39 is 11.7 Å². The Kier molecular flexibility index (Phi) is 6.20. The van der Waals surface area contributed by atoms with E-state index in [9.17, 15) is 13.2 Å². The molecular formula is C21H24F3NO. The van der Waals surface area contributed by atoms with Gasteiger partial charge in [0.1, 0.15) is 5.75 Å². The van der Waals surface area contributed by atoms with E-state index in [0.29, 0.717) is 12.3 Å². The molecule has 0 aliphatic carbocycles. The molecule has 0 saturated carbocycles. The number of piperidine rings is 1. The second-order valence-electron chi connectivity index (χ2n) is 6.86. The Balaban J connectivity index is 1.40. The predicted octanol–water partition coefficient (Wildman–Crippen LogP) is 5.04. The first-order valence-corrected chi connectivity index (χ1v) is 9.07. The summed E-state index contributed by atoms with van der Waals surface area (Å²) in [4.78, 5) is 2.33. The van der Waals surface area contributed by atoms with Gasteiger partial charge in [0.15, 0.2) is 0 Å². The lowest BCUT2D eigenvalue weighted by Crippen LogP contribution is -2.36. The molecule has 2 aromatic carbocycles. The van der Waals surface area contributed by atoms with Crippen LogP contribution in [-0.2, 0) is 12.6 Å². The molecule has 140 valence electrons. The number of hydrogen-bond acceptors (Lipinski definition) is 2. The van der Waals surface area contributed by atoms with Gasteiger partial charge in [-0.1, -0.05) is 36.4 Å². The van der Waals surface area contributed by atoms with Gasteiger partial charge in [0.2, 0.25) is 0 Å². The maximum absolute atomic E-state index is 12.8. The molecule has 0 atom stereocenters. The summed E-state index contributed by atoms with van der Waals surface area (Å²) in [5, 5.41) is 0. The van der Waals surface area contributed by atoms with Gasteiger partial charge < -0.3 is 9.64 Å². The molecule has 1 fully saturated rings. The first kappa shape index (κ1) is 18.8. The molecule has 0 spiro atoms. The maximum Gasteiger partial charge on any atom is 0.416 e. The lowest BCUT2D eigenvalue weighted by Gasteiger charge is -2.31. The highest BCUT2D eigenvalue weighted by molar-refractivity contribution is 5.26. The summed E-state index contributed by atoms with van der Waals surface area (Å²) >= 11 is 0. The van der Waals surface area contributed by atoms with E-state index in [0.717, 1.165) is 56.5 Å². The van der Waals surface area contributed by atoms with E-state index in [4.69, 9.17) is 4.74 Å². The summed E-state index contributed by atoms with van der Waals surface area (Å²) < 4.78 is 44.2. The Labute approximate surface area is 152 Å². The Morgan fingerprint density at radius 3 is 2.38 bits per heavy atom. The summed E-state index contributed by atoms with van der Waals surface area (Å²) in [6.07, 6.45) is -1.49. The van der Waals surface area contributed by atoms with E-state index >= 15 is 0 Å². The van der Waals surface area contributed by atoms with Crippen molar-refractivity contribution in [1.29, 1.82) is 0 Å². The molecule has 1 aliphatic rings. The van der Waals surface area contributed by atoms with E-state index in [1.165, 1.54) is 12.1 Å². The van der Waals surface area contributed by atoms with Crippen LogP contribution in [0.5, 0.6) is 5.75 Å². The number of rotatable bonds is 6. The monoisotopic (exact) mass is 363 g/mol. The van der Waals surface area contributed by atoms with Gasteiger partial charge >= 0.3 is 6.18 Å². The average molecular weight is 363 g/mol. The quantitative estimate of drug-likeness (QED) is 0.713. The molecule has 0 unspecified atom stereocenters. The predicted molar refractivity (Wildman–Crippen MR) is 96.2 cm³/mol. The van der Waals surface area contributed by atoms with Gasteiger partial charge in [0.25, 0.3) is 0 Å². The molecule has 5 heteroatoms. The van der Waals surface area contributed by atoms with Crippen molar-refractivity contribution in [1.82, 2.24) is 4.90 Å². The van der Waals surface area contributed by atoms with E-state index in [1.54, 1.807) is 6.07 Å². The SMILES string of the molecule is FC(F)(F)c1cccc(CCN2CCC(COc3ccccc3)CC2)c1. The number of benzene rings is 2. The van der Waals surface area contributed by atoms with Crippen molar-refractivity contribution in [2.45, 2.75) is 25.4 Å². The highest BCUT2D eigenvalue weighted by atomic mass is 19.4. The molecule has 3 rings (SSSR count). The Morgan fingerprint density at radius 1 is 0.962 bits per heavy atom. The molecule has 0 N–H and O–H groups in total. The number of nitrogens with zero attached hydrogens (tertiary/aromatic N) is 1. The van der Waals surface area contributed by atoms with E-state index in [-0.39, 0.29) is 0 Å². The van der Waals surface area contributed by atoms with Crippen molar-refractivity contribution in [3.63, 3.8) is 0 Å². The zero-order valence-electron chi connectivity index (χ0n) is 14.7. The zero-order chi connectivity index (χ0) is 18.4. The van der Waals surface area contributed by atoms with Crippen molar-refractivity contribution in [2.75, 3.05) is 26.2 Å². The van der Waals surface area contributed by atoms with E-state index in [2.05, 4.69) is 4.90 Å². The van der Waals surface area contributed by atoms with Gasteiger partial charge in [-0.15, -0.1) is 0 Å². The largest absolute Gasteiger partial charge is 0.493 e. The van der Waals surface area contributed by atoms with Gasteiger partial charge in [-0.25, -0.2) is 0 Å². The molecule has 0 aromatic heterocycles. The van der Waals surface area contributed by atoms with Crippen LogP contribution >= 0.6 is 0 Å². The standard InChI is InChI=1S/C21H24F3NO/c22-21(23,24)19-6-4-5-17(15-19)9-12-25-13-10-18(11-14-25)16-26-20-7-2-1-3-8-20/h1-8,15,18H,9-14,16H2. The van der Waals surface area contributed by atoms with Gasteiger partial charge in [0, 0.05) is 6.54 Å². The highest BCUT2D eigenvalue weighted by Crippen LogP contribution is 2.29. The second kappa shape index (κ2) is 8.58. The average Bonchev–Trinajstić information content (AvgIpc) is 2.66. The lowest BCUT2D eigenvalue weighted by molar-refractivity contribution is -0.137. The van der Waals surface area contributed by atoms with E-state index in [1.807, 2.05) is 30.3 Å². The smallest absolute Gasteiger partial charge is 0.416 e. The second-order valence-corrected chi connectivity index (χ2v) is 6.86. The summed E-state index contributed by atoms with van der Waals surface area (Å²) in [7, 11) is 0. The normalized spacial score (nSPS) is 16.6. The van der Waals surface area contributed by atoms with Crippen LogP contribution in [0.2, 0.25) is 0 Å². The topological polar surface area (TPSA) is 12.5 Å². The Morgan fingerprint density at radius 2 is 1.69 bits per heavy atom. The molecular weight excluding hydrogens is 339 g/mol. The highest BCUT2D eigenvalue weighted by Gasteiger charge is 2.30. The van der Waals surface area contributed by atoms with Crippen molar-refractivity contribution < 1.29 is 17.9 Å². The third-order valence-corrected chi connectivity index (χ3v) is 4.91. The summed E-state index contributed by atoms with van der Waals surface area (Å²) in [5.41, 5.74) is 0.182. The Hall–Kier alpha value is -2.01. The molecule has 26 heavy (non-hydrogen) atoms. The zero-order valence-corrected chi connectivity index (χ0v) is 14.7. The van der Waals surface area contributed by atoms with Crippen LogP contribution in [0.3, 0.4) is 0 Å². The summed E-state index contributed by atoms with van der Waals surface area (Å²) in [6.45, 7) is 3.47. The number of alkyl halides is 3. The van der Waals surface area contributed by atoms with Crippen LogP contribution < -0.4 is 4.74 Å². The minimum Gasteiger partial charge on any atom is -0.493 e. The molecule has 1 heterocycles. The lowest BCUT2D eigenvalue weighted by atomic mass is 9.97. The van der Waals surface area contributed by atoms with Gasteiger partial charge in [-0.3, -0.25) is 0 Å². The van der Waals surface area contributed by atoms with Crippen molar-refractivity contribution in [3.05, 3.63) is 65.7 Å². The fourth-order valence-electron chi connectivity index (χ4n) is 3.30. The first-order valence-electron chi connectivity index (χ1n) is 9.07. The van der Waals surface area contributed by atoms with Crippen LogP contribution in [0, 0.1) is 5.92 Å². The van der Waals surface area contributed by atoms with Gasteiger partial charge in [-0.2, -0.15) is 13.2 Å². The summed E-state index contributed by atoms with van der Waals surface area (Å²) in [5.74, 6) is 1.44. The third-order valence-electron chi connectivity index (χ3n) is 4.91. The van der Waals surface area contributed by atoms with Gasteiger partial charge in [-0.05, 0) is 62.0 Å². The molecule has 1 aliphatic heterocycles. The van der Waals surface area contributed by atoms with Crippen LogP contribution in [0.25, 0.3) is 0 Å². The van der Waals surface area contributed by atoms with Crippen molar-refractivity contribution in [3.8, 4) is 5.75 Å². The number of ether oxygens (including phenoxy) is 1. The van der Waals surface area contributed by atoms with Gasteiger partial charge in [0.05, 0.1) is 12.2 Å². The van der Waals surface area contributed by atoms with Crippen molar-refractivity contribution in [2.24, 2.45) is 5.92 Å². The number of halogens is 3. The molecule has 2 nitrogen and oxygen atoms in total. The third kappa shape index (κ3) is 5.49. The summed E-state index contributed by atoms with van der Waals surface area (Å²) in [6, 6.07) is 15.5. The number of likely N-dealkylation sites (tertiary alicyclic amines) is 1. The van der Waals surface area contributed by atoms with Crippen LogP contribution in [0.1, 0.15) is 24.0 Å². The van der Waals surface area contributed by atoms with Crippen LogP contribution in [0.4, 0.5) is 13.2 Å². The minimum absolute atomic E-state index is 0.542. The van der Waals surface area contributed by atoms with Crippen LogP contribution in [-0.4, -0.2) is 31.1 Å². The number of para-hydroxylation sites is 1. The number of hydrogen-bond donors (Lipinski definition) is 0. The maximum atomic E-state index is 12.8. The minimum atomic E-state index is -4.27. The first-order chi connectivity index (χ1) is 12.5. The molecule has 1 saturated heterocycles. The van der Waals surface area contributed by atoms with Crippen LogP contribution in [0.15, 0.2) is 54.6 Å². The molecule has 2 aromatic rings. The fraction of sp³-hybridized carbons (Fsp3) is 0.429.